The van der Waals surface area contributed by atoms with Gasteiger partial charge < -0.3 is 10.6 Å². The molecule has 0 aliphatic carbocycles. The van der Waals surface area contributed by atoms with Crippen LogP contribution in [0.25, 0.3) is 0 Å². The van der Waals surface area contributed by atoms with E-state index in [4.69, 9.17) is 0 Å². The molecule has 0 unspecified atom stereocenters. The number of amides is 1. The van der Waals surface area contributed by atoms with Gasteiger partial charge in [0.1, 0.15) is 6.67 Å². The van der Waals surface area contributed by atoms with Gasteiger partial charge >= 0.3 is 0 Å². The van der Waals surface area contributed by atoms with Crippen molar-refractivity contribution in [2.24, 2.45) is 0 Å². The van der Waals surface area contributed by atoms with Crippen LogP contribution in [0, 0.1) is 0 Å². The fourth-order valence-corrected chi connectivity index (χ4v) is 0.519. The van der Waals surface area contributed by atoms with E-state index in [0.717, 1.165) is 0 Å². The van der Waals surface area contributed by atoms with E-state index in [1.165, 1.54) is 6.92 Å². The lowest BCUT2D eigenvalue weighted by Crippen LogP contribution is -2.31. The molecule has 0 heterocycles. The molecule has 3 nitrogen and oxygen atoms in total. The van der Waals surface area contributed by atoms with Crippen LogP contribution in [0.1, 0.15) is 6.92 Å². The van der Waals surface area contributed by atoms with Crippen molar-refractivity contribution in [2.45, 2.75) is 6.92 Å². The molecule has 4 heteroatoms. The Kier molecular flexibility index (Phi) is 6.06. The molecule has 0 rings (SSSR count). The number of hydrogen-bond acceptors (Lipinski definition) is 2. The third-order valence-electron chi connectivity index (χ3n) is 0.947. The van der Waals surface area contributed by atoms with E-state index in [1.807, 2.05) is 0 Å². The van der Waals surface area contributed by atoms with Crippen molar-refractivity contribution in [3.05, 3.63) is 0 Å². The van der Waals surface area contributed by atoms with Crippen LogP contribution in [-0.4, -0.2) is 32.2 Å². The van der Waals surface area contributed by atoms with Gasteiger partial charge in [-0.3, -0.25) is 4.79 Å². The molecular weight excluding hydrogens is 135 g/mol. The molecule has 0 saturated carbocycles. The number of hydrogen-bond donors (Lipinski definition) is 2. The number of carbonyl (C=O) groups is 1. The molecule has 60 valence electrons. The van der Waals surface area contributed by atoms with Gasteiger partial charge in [-0.05, 0) is 0 Å². The van der Waals surface area contributed by atoms with Gasteiger partial charge in [-0.15, -0.1) is 0 Å². The zero-order valence-corrected chi connectivity index (χ0v) is 6.11. The molecule has 0 atom stereocenters. The summed E-state index contributed by atoms with van der Waals surface area (Å²) >= 11 is 0. The molecule has 0 radical (unpaired) electrons. The number of nitrogens with one attached hydrogen (secondary N) is 2. The van der Waals surface area contributed by atoms with Crippen molar-refractivity contribution in [2.75, 3.05) is 26.3 Å². The molecule has 0 aromatic heterocycles. The van der Waals surface area contributed by atoms with E-state index in [2.05, 4.69) is 10.6 Å². The van der Waals surface area contributed by atoms with Crippen LogP contribution in [0.15, 0.2) is 0 Å². The van der Waals surface area contributed by atoms with Crippen molar-refractivity contribution >= 4 is 5.91 Å². The normalized spacial score (nSPS) is 9.40. The van der Waals surface area contributed by atoms with Crippen LogP contribution in [-0.2, 0) is 4.79 Å². The zero-order valence-electron chi connectivity index (χ0n) is 6.11. The van der Waals surface area contributed by atoms with Gasteiger partial charge in [-0.2, -0.15) is 0 Å². The van der Waals surface area contributed by atoms with Crippen molar-refractivity contribution in [3.63, 3.8) is 0 Å². The molecule has 0 aromatic carbocycles. The second-order valence-electron chi connectivity index (χ2n) is 1.92. The van der Waals surface area contributed by atoms with E-state index < -0.39 is 0 Å². The summed E-state index contributed by atoms with van der Waals surface area (Å²) in [6, 6.07) is 0. The zero-order chi connectivity index (χ0) is 7.82. The lowest BCUT2D eigenvalue weighted by molar-refractivity contribution is -0.118. The second-order valence-corrected chi connectivity index (χ2v) is 1.92. The van der Waals surface area contributed by atoms with Crippen molar-refractivity contribution in [1.29, 1.82) is 0 Å². The Labute approximate surface area is 60.0 Å². The second kappa shape index (κ2) is 6.48. The van der Waals surface area contributed by atoms with Crippen LogP contribution in [0.4, 0.5) is 4.39 Å². The van der Waals surface area contributed by atoms with Crippen LogP contribution in [0.5, 0.6) is 0 Å². The highest BCUT2D eigenvalue weighted by Gasteiger charge is 1.88. The molecule has 1 amide bonds. The molecule has 10 heavy (non-hydrogen) atoms. The minimum absolute atomic E-state index is 0.0537. The Hall–Kier alpha value is -0.640. The van der Waals surface area contributed by atoms with Crippen LogP contribution in [0.3, 0.4) is 0 Å². The fraction of sp³-hybridized carbons (Fsp3) is 0.833. The molecule has 0 aromatic rings. The average Bonchev–Trinajstić information content (AvgIpc) is 1.87. The van der Waals surface area contributed by atoms with Gasteiger partial charge in [0, 0.05) is 26.6 Å². The Balaban J connectivity index is 2.84. The summed E-state index contributed by atoms with van der Waals surface area (Å²) in [5.41, 5.74) is 0. The van der Waals surface area contributed by atoms with Crippen molar-refractivity contribution in [3.8, 4) is 0 Å². The average molecular weight is 148 g/mol. The van der Waals surface area contributed by atoms with Gasteiger partial charge in [0.05, 0.1) is 0 Å². The van der Waals surface area contributed by atoms with E-state index in [-0.39, 0.29) is 12.6 Å². The summed E-state index contributed by atoms with van der Waals surface area (Å²) in [7, 11) is 0. The summed E-state index contributed by atoms with van der Waals surface area (Å²) in [6.07, 6.45) is 0. The van der Waals surface area contributed by atoms with Gasteiger partial charge in [-0.25, -0.2) is 4.39 Å². The highest BCUT2D eigenvalue weighted by molar-refractivity contribution is 5.72. The lowest BCUT2D eigenvalue weighted by Gasteiger charge is -2.01. The first-order valence-corrected chi connectivity index (χ1v) is 3.28. The number of alkyl halides is 1. The third-order valence-corrected chi connectivity index (χ3v) is 0.947. The first-order valence-electron chi connectivity index (χ1n) is 3.28. The molecule has 0 bridgehead atoms. The van der Waals surface area contributed by atoms with E-state index in [1.54, 1.807) is 0 Å². The molecule has 0 aliphatic rings. The minimum Gasteiger partial charge on any atom is -0.355 e. The molecule has 0 saturated heterocycles. The number of halogens is 1. The summed E-state index contributed by atoms with van der Waals surface area (Å²) in [5.74, 6) is -0.0537. The fourth-order valence-electron chi connectivity index (χ4n) is 0.519. The number of rotatable bonds is 5. The Morgan fingerprint density at radius 3 is 2.60 bits per heavy atom. The topological polar surface area (TPSA) is 41.1 Å². The van der Waals surface area contributed by atoms with Gasteiger partial charge in [0.2, 0.25) is 5.91 Å². The van der Waals surface area contributed by atoms with Gasteiger partial charge in [0.25, 0.3) is 0 Å². The predicted molar refractivity (Wildman–Crippen MR) is 37.5 cm³/mol. The first-order chi connectivity index (χ1) is 4.77. The quantitative estimate of drug-likeness (QED) is 0.525. The van der Waals surface area contributed by atoms with Crippen molar-refractivity contribution < 1.29 is 9.18 Å². The van der Waals surface area contributed by atoms with Crippen LogP contribution < -0.4 is 10.6 Å². The Morgan fingerprint density at radius 1 is 1.40 bits per heavy atom. The monoisotopic (exact) mass is 148 g/mol. The van der Waals surface area contributed by atoms with Crippen LogP contribution >= 0.6 is 0 Å². The smallest absolute Gasteiger partial charge is 0.216 e. The van der Waals surface area contributed by atoms with E-state index in [9.17, 15) is 9.18 Å². The molecule has 0 aliphatic heterocycles. The van der Waals surface area contributed by atoms with Crippen LogP contribution in [0.2, 0.25) is 0 Å². The highest BCUT2D eigenvalue weighted by Crippen LogP contribution is 1.63. The highest BCUT2D eigenvalue weighted by atomic mass is 19.1. The first kappa shape index (κ1) is 9.36. The SMILES string of the molecule is CC(=O)NCCNCCF. The largest absolute Gasteiger partial charge is 0.355 e. The maximum atomic E-state index is 11.4. The number of carbonyl (C=O) groups excluding carboxylic acids is 1. The molecule has 2 N–H and O–H groups in total. The standard InChI is InChI=1S/C6H13FN2O/c1-6(10)9-5-4-8-3-2-7/h8H,2-5H2,1H3,(H,9,10). The third kappa shape index (κ3) is 7.36. The Bertz CT molecular complexity index is 97.7. The van der Waals surface area contributed by atoms with E-state index >= 15 is 0 Å². The van der Waals surface area contributed by atoms with Gasteiger partial charge in [0.15, 0.2) is 0 Å². The summed E-state index contributed by atoms with van der Waals surface area (Å²) in [4.78, 5) is 10.3. The maximum Gasteiger partial charge on any atom is 0.216 e. The summed E-state index contributed by atoms with van der Waals surface area (Å²) in [6.45, 7) is 2.65. The summed E-state index contributed by atoms with van der Waals surface area (Å²) < 4.78 is 11.4. The predicted octanol–water partition coefficient (Wildman–Crippen LogP) is -0.318. The van der Waals surface area contributed by atoms with Gasteiger partial charge in [-0.1, -0.05) is 0 Å². The minimum atomic E-state index is -0.361. The van der Waals surface area contributed by atoms with E-state index in [0.29, 0.717) is 19.6 Å². The maximum absolute atomic E-state index is 11.4. The molecule has 0 spiro atoms. The van der Waals surface area contributed by atoms with Crippen molar-refractivity contribution in [1.82, 2.24) is 10.6 Å². The lowest BCUT2D eigenvalue weighted by atomic mass is 10.5. The molecule has 0 fully saturated rings. The summed E-state index contributed by atoms with van der Waals surface area (Å²) in [5, 5.41) is 5.38. The Morgan fingerprint density at radius 2 is 2.10 bits per heavy atom. The molecular formula is C6H13FN2O.